The molecule has 0 saturated carbocycles. The highest BCUT2D eigenvalue weighted by Gasteiger charge is 2.58. The Labute approximate surface area is 231 Å². The molecule has 41 heavy (non-hydrogen) atoms. The Morgan fingerprint density at radius 3 is 2.59 bits per heavy atom. The Morgan fingerprint density at radius 1 is 0.927 bits per heavy atom. The number of hydrogen-bond donors (Lipinski definition) is 1. The quantitative estimate of drug-likeness (QED) is 0.280. The van der Waals surface area contributed by atoms with Crippen molar-refractivity contribution in [2.24, 2.45) is 0 Å². The number of rotatable bonds is 3. The van der Waals surface area contributed by atoms with Crippen LogP contribution in [0.3, 0.4) is 0 Å². The zero-order valence-corrected chi connectivity index (χ0v) is 21.3. The first kappa shape index (κ1) is 24.1. The van der Waals surface area contributed by atoms with E-state index in [4.69, 9.17) is 18.6 Å². The number of benzene rings is 3. The van der Waals surface area contributed by atoms with Crippen molar-refractivity contribution >= 4 is 16.6 Å². The number of halogens is 3. The Balaban J connectivity index is 1.33. The van der Waals surface area contributed by atoms with Gasteiger partial charge in [0.1, 0.15) is 29.8 Å². The number of hydrogen-bond acceptors (Lipinski definition) is 7. The number of para-hydroxylation sites is 1. The molecule has 206 valence electrons. The summed E-state index contributed by atoms with van der Waals surface area (Å²) in [4.78, 5) is 6.32. The third-order valence-corrected chi connectivity index (χ3v) is 8.11. The first-order valence-electron chi connectivity index (χ1n) is 13.0. The molecule has 0 radical (unpaired) electrons. The number of furan rings is 1. The van der Waals surface area contributed by atoms with Crippen LogP contribution in [0.15, 0.2) is 83.4 Å². The van der Waals surface area contributed by atoms with Gasteiger partial charge in [0.2, 0.25) is 12.6 Å². The number of nitrogens with zero attached hydrogens (tertiary/aromatic N) is 2. The van der Waals surface area contributed by atoms with Crippen molar-refractivity contribution < 1.29 is 36.9 Å². The van der Waals surface area contributed by atoms with Crippen molar-refractivity contribution in [1.29, 1.82) is 0 Å². The summed E-state index contributed by atoms with van der Waals surface area (Å²) < 4.78 is 62.4. The Morgan fingerprint density at radius 2 is 1.76 bits per heavy atom. The Bertz CT molecular complexity index is 1850. The van der Waals surface area contributed by atoms with Crippen LogP contribution in [0, 0.1) is 0 Å². The molecule has 0 fully saturated rings. The SMILES string of the molecule is OC1N(Cc2ccc(C(F)(F)F)o2)c2cccc(-c3cnc4ccccc4c3)c2C12COc1cc3c(cc12)OCO3. The fourth-order valence-electron chi connectivity index (χ4n) is 6.27. The molecular weight excluding hydrogens is 537 g/mol. The number of alkyl halides is 3. The first-order chi connectivity index (χ1) is 19.8. The lowest BCUT2D eigenvalue weighted by Crippen LogP contribution is -2.46. The zero-order valence-electron chi connectivity index (χ0n) is 21.3. The molecule has 10 heteroatoms. The highest BCUT2D eigenvalue weighted by atomic mass is 19.4. The number of aliphatic hydroxyl groups excluding tert-OH is 1. The van der Waals surface area contributed by atoms with Gasteiger partial charge in [-0.05, 0) is 42.0 Å². The molecule has 0 aliphatic carbocycles. The second kappa shape index (κ2) is 8.40. The summed E-state index contributed by atoms with van der Waals surface area (Å²) in [5.74, 6) is 0.611. The summed E-state index contributed by atoms with van der Waals surface area (Å²) in [7, 11) is 0. The van der Waals surface area contributed by atoms with Gasteiger partial charge in [-0.2, -0.15) is 13.2 Å². The van der Waals surface area contributed by atoms with Gasteiger partial charge in [-0.3, -0.25) is 4.98 Å². The van der Waals surface area contributed by atoms with E-state index in [0.717, 1.165) is 33.7 Å². The third-order valence-electron chi connectivity index (χ3n) is 8.11. The minimum Gasteiger partial charge on any atom is -0.492 e. The lowest BCUT2D eigenvalue weighted by Gasteiger charge is -2.32. The molecule has 7 nitrogen and oxygen atoms in total. The van der Waals surface area contributed by atoms with E-state index >= 15 is 0 Å². The topological polar surface area (TPSA) is 77.2 Å². The fourth-order valence-corrected chi connectivity index (χ4v) is 6.27. The van der Waals surface area contributed by atoms with E-state index in [1.54, 1.807) is 17.2 Å². The van der Waals surface area contributed by atoms with Gasteiger partial charge in [-0.15, -0.1) is 0 Å². The third kappa shape index (κ3) is 3.46. The molecule has 2 aromatic heterocycles. The number of aromatic nitrogens is 1. The van der Waals surface area contributed by atoms with Crippen LogP contribution in [-0.4, -0.2) is 29.7 Å². The normalized spacial score (nSPS) is 20.5. The molecule has 2 atom stereocenters. The number of anilines is 1. The number of fused-ring (bicyclic) bond motifs is 6. The predicted octanol–water partition coefficient (Wildman–Crippen LogP) is 6.26. The van der Waals surface area contributed by atoms with Gasteiger partial charge < -0.3 is 28.6 Å². The average Bonchev–Trinajstić information content (AvgIpc) is 3.75. The monoisotopic (exact) mass is 558 g/mol. The zero-order chi connectivity index (χ0) is 27.9. The van der Waals surface area contributed by atoms with Crippen LogP contribution < -0.4 is 19.1 Å². The summed E-state index contributed by atoms with van der Waals surface area (Å²) in [5, 5.41) is 13.1. The smallest absolute Gasteiger partial charge is 0.449 e. The van der Waals surface area contributed by atoms with Gasteiger partial charge in [0.25, 0.3) is 0 Å². The van der Waals surface area contributed by atoms with E-state index in [-0.39, 0.29) is 25.7 Å². The second-order valence-electron chi connectivity index (χ2n) is 10.3. The fraction of sp³-hybridized carbons (Fsp3) is 0.194. The molecule has 2 unspecified atom stereocenters. The molecule has 3 aromatic carbocycles. The highest BCUT2D eigenvalue weighted by Crippen LogP contribution is 2.59. The molecule has 1 N–H and O–H groups in total. The van der Waals surface area contributed by atoms with E-state index in [0.29, 0.717) is 28.5 Å². The van der Waals surface area contributed by atoms with E-state index < -0.39 is 23.6 Å². The highest BCUT2D eigenvalue weighted by molar-refractivity contribution is 5.88. The minimum atomic E-state index is -4.61. The van der Waals surface area contributed by atoms with Gasteiger partial charge in [-0.25, -0.2) is 0 Å². The van der Waals surface area contributed by atoms with Gasteiger partial charge in [0.15, 0.2) is 11.5 Å². The van der Waals surface area contributed by atoms with Gasteiger partial charge >= 0.3 is 6.18 Å². The molecule has 0 amide bonds. The summed E-state index contributed by atoms with van der Waals surface area (Å²) in [6.07, 6.45) is -4.02. The molecule has 0 bridgehead atoms. The lowest BCUT2D eigenvalue weighted by molar-refractivity contribution is -0.153. The van der Waals surface area contributed by atoms with Crippen LogP contribution in [0.25, 0.3) is 22.0 Å². The number of pyridine rings is 1. The van der Waals surface area contributed by atoms with E-state index in [9.17, 15) is 18.3 Å². The largest absolute Gasteiger partial charge is 0.492 e. The summed E-state index contributed by atoms with van der Waals surface area (Å²) >= 11 is 0. The Kier molecular flexibility index (Phi) is 4.94. The summed E-state index contributed by atoms with van der Waals surface area (Å²) in [6, 6.07) is 21.3. The molecule has 3 aliphatic heterocycles. The van der Waals surface area contributed by atoms with Crippen LogP contribution in [0.4, 0.5) is 18.9 Å². The first-order valence-corrected chi connectivity index (χ1v) is 13.0. The van der Waals surface area contributed by atoms with Crippen molar-refractivity contribution in [3.05, 3.63) is 102 Å². The van der Waals surface area contributed by atoms with Crippen molar-refractivity contribution in [2.75, 3.05) is 18.3 Å². The standard InChI is InChI=1S/C31H21F3N2O5/c32-31(33,34)27-9-8-19(41-27)14-36-23-7-3-5-20(18-10-17-4-1-2-6-22(17)35-13-18)28(23)30(29(36)37)15-38-24-12-26-25(11-21(24)30)39-16-40-26/h1-13,29,37H,14-16H2. The maximum atomic E-state index is 13.3. The van der Waals surface area contributed by atoms with E-state index in [1.165, 1.54) is 6.07 Å². The van der Waals surface area contributed by atoms with Crippen molar-refractivity contribution in [3.8, 4) is 28.4 Å². The van der Waals surface area contributed by atoms with Crippen molar-refractivity contribution in [3.63, 3.8) is 0 Å². The van der Waals surface area contributed by atoms with Crippen molar-refractivity contribution in [1.82, 2.24) is 4.98 Å². The molecule has 1 spiro atoms. The lowest BCUT2D eigenvalue weighted by atomic mass is 9.73. The van der Waals surface area contributed by atoms with Crippen LogP contribution in [0.5, 0.6) is 17.2 Å². The van der Waals surface area contributed by atoms with Crippen LogP contribution in [0.1, 0.15) is 22.6 Å². The van der Waals surface area contributed by atoms with E-state index in [2.05, 4.69) is 4.98 Å². The molecular formula is C31H21F3N2O5. The minimum absolute atomic E-state index is 0.0713. The molecule has 8 rings (SSSR count). The Hall–Kier alpha value is -4.70. The average molecular weight is 559 g/mol. The van der Waals surface area contributed by atoms with Gasteiger partial charge in [0, 0.05) is 40.0 Å². The molecule has 3 aliphatic rings. The molecule has 5 aromatic rings. The maximum Gasteiger partial charge on any atom is 0.449 e. The van der Waals surface area contributed by atoms with Crippen LogP contribution in [0.2, 0.25) is 0 Å². The second-order valence-corrected chi connectivity index (χ2v) is 10.3. The predicted molar refractivity (Wildman–Crippen MR) is 142 cm³/mol. The maximum absolute atomic E-state index is 13.3. The van der Waals surface area contributed by atoms with Crippen molar-refractivity contribution in [2.45, 2.75) is 24.4 Å². The van der Waals surface area contributed by atoms with Gasteiger partial charge in [-0.1, -0.05) is 30.3 Å². The van der Waals surface area contributed by atoms with Crippen LogP contribution in [-0.2, 0) is 18.1 Å². The van der Waals surface area contributed by atoms with Gasteiger partial charge in [0.05, 0.1) is 12.1 Å². The van der Waals surface area contributed by atoms with Crippen LogP contribution >= 0.6 is 0 Å². The number of aliphatic hydroxyl groups is 1. The summed E-state index contributed by atoms with van der Waals surface area (Å²) in [6.45, 7) is 0.0791. The molecule has 5 heterocycles. The summed E-state index contributed by atoms with van der Waals surface area (Å²) in [5.41, 5.74) is 3.56. The van der Waals surface area contributed by atoms with E-state index in [1.807, 2.05) is 54.6 Å². The molecule has 0 saturated heterocycles. The number of ether oxygens (including phenoxy) is 3.